The van der Waals surface area contributed by atoms with E-state index in [9.17, 15) is 0 Å². The maximum Gasteiger partial charge on any atom is -0.00819 e. The van der Waals surface area contributed by atoms with Crippen LogP contribution in [0.5, 0.6) is 0 Å². The van der Waals surface area contributed by atoms with Gasteiger partial charge in [-0.2, -0.15) is 0 Å². The molecule has 0 N–H and O–H groups in total. The second-order valence-corrected chi connectivity index (χ2v) is 7.01. The minimum Gasteiger partial charge on any atom is -0.0716 e. The van der Waals surface area contributed by atoms with Crippen molar-refractivity contribution in [1.82, 2.24) is 0 Å². The summed E-state index contributed by atoms with van der Waals surface area (Å²) < 4.78 is 0. The van der Waals surface area contributed by atoms with E-state index in [1.54, 1.807) is 0 Å². The van der Waals surface area contributed by atoms with Crippen LogP contribution in [0.3, 0.4) is 0 Å². The van der Waals surface area contributed by atoms with E-state index in [-0.39, 0.29) is 0 Å². The molecule has 1 aliphatic carbocycles. The SMILES string of the molecule is C1=C(c2cc(-c3ccccc3)cc(-c3ccccc3)c2)c2ccccc2C1. The van der Waals surface area contributed by atoms with Gasteiger partial charge in [-0.25, -0.2) is 0 Å². The number of hydrogen-bond acceptors (Lipinski definition) is 0. The average Bonchev–Trinajstić information content (AvgIpc) is 3.19. The smallest absolute Gasteiger partial charge is 0.00819 e. The molecule has 0 saturated heterocycles. The Morgan fingerprint density at radius 1 is 0.444 bits per heavy atom. The zero-order valence-electron chi connectivity index (χ0n) is 15.1. The van der Waals surface area contributed by atoms with Gasteiger partial charge in [-0.15, -0.1) is 0 Å². The van der Waals surface area contributed by atoms with Crippen molar-refractivity contribution in [3.05, 3.63) is 126 Å². The predicted molar refractivity (Wildman–Crippen MR) is 115 cm³/mol. The van der Waals surface area contributed by atoms with Gasteiger partial charge in [0, 0.05) is 0 Å². The number of fused-ring (bicyclic) bond motifs is 1. The third-order valence-electron chi connectivity index (χ3n) is 5.29. The van der Waals surface area contributed by atoms with Crippen molar-refractivity contribution in [3.63, 3.8) is 0 Å². The van der Waals surface area contributed by atoms with Gasteiger partial charge in [0.1, 0.15) is 0 Å². The highest BCUT2D eigenvalue weighted by molar-refractivity contribution is 5.88. The lowest BCUT2D eigenvalue weighted by Gasteiger charge is -2.13. The number of benzene rings is 4. The Labute approximate surface area is 160 Å². The summed E-state index contributed by atoms with van der Waals surface area (Å²) in [6.07, 6.45) is 3.38. The van der Waals surface area contributed by atoms with Crippen LogP contribution >= 0.6 is 0 Å². The molecular weight excluding hydrogens is 324 g/mol. The molecule has 0 fully saturated rings. The first-order chi connectivity index (χ1) is 13.4. The van der Waals surface area contributed by atoms with Gasteiger partial charge in [0.2, 0.25) is 0 Å². The Morgan fingerprint density at radius 2 is 0.963 bits per heavy atom. The van der Waals surface area contributed by atoms with E-state index >= 15 is 0 Å². The minimum atomic E-state index is 1.02. The van der Waals surface area contributed by atoms with Gasteiger partial charge >= 0.3 is 0 Å². The topological polar surface area (TPSA) is 0 Å². The fraction of sp³-hybridized carbons (Fsp3) is 0.0370. The predicted octanol–water partition coefficient (Wildman–Crippen LogP) is 7.01. The highest BCUT2D eigenvalue weighted by Crippen LogP contribution is 2.37. The summed E-state index contributed by atoms with van der Waals surface area (Å²) in [6.45, 7) is 0. The fourth-order valence-electron chi connectivity index (χ4n) is 3.93. The Balaban J connectivity index is 1.70. The van der Waals surface area contributed by atoms with Crippen molar-refractivity contribution < 1.29 is 0 Å². The first kappa shape index (κ1) is 15.8. The molecule has 0 unspecified atom stereocenters. The van der Waals surface area contributed by atoms with E-state index in [0.29, 0.717) is 0 Å². The van der Waals surface area contributed by atoms with Gasteiger partial charge in [0.25, 0.3) is 0 Å². The molecule has 0 nitrogen and oxygen atoms in total. The number of rotatable bonds is 3. The molecule has 0 spiro atoms. The highest BCUT2D eigenvalue weighted by Gasteiger charge is 2.16. The summed E-state index contributed by atoms with van der Waals surface area (Å²) in [5.74, 6) is 0. The second-order valence-electron chi connectivity index (χ2n) is 7.01. The number of allylic oxidation sites excluding steroid dienone is 1. The van der Waals surface area contributed by atoms with Crippen molar-refractivity contribution in [2.75, 3.05) is 0 Å². The van der Waals surface area contributed by atoms with Crippen LogP contribution < -0.4 is 0 Å². The van der Waals surface area contributed by atoms with Crippen LogP contribution in [0, 0.1) is 0 Å². The van der Waals surface area contributed by atoms with E-state index in [0.717, 1.165) is 6.42 Å². The summed E-state index contributed by atoms with van der Waals surface area (Å²) in [5, 5.41) is 0. The summed E-state index contributed by atoms with van der Waals surface area (Å²) in [7, 11) is 0. The third-order valence-corrected chi connectivity index (χ3v) is 5.29. The molecule has 0 aliphatic heterocycles. The van der Waals surface area contributed by atoms with E-state index in [4.69, 9.17) is 0 Å². The third kappa shape index (κ3) is 3.00. The van der Waals surface area contributed by atoms with Crippen molar-refractivity contribution in [3.8, 4) is 22.3 Å². The molecule has 5 rings (SSSR count). The average molecular weight is 344 g/mol. The molecule has 1 aliphatic rings. The standard InChI is InChI=1S/C27H20/c1-3-9-20(10-4-1)23-17-24(21-11-5-2-6-12-21)19-25(18-23)27-16-15-22-13-7-8-14-26(22)27/h1-14,16-19H,15H2. The summed E-state index contributed by atoms with van der Waals surface area (Å²) >= 11 is 0. The van der Waals surface area contributed by atoms with Crippen LogP contribution in [-0.4, -0.2) is 0 Å². The quantitative estimate of drug-likeness (QED) is 0.375. The lowest BCUT2D eigenvalue weighted by molar-refractivity contribution is 1.31. The Morgan fingerprint density at radius 3 is 1.59 bits per heavy atom. The van der Waals surface area contributed by atoms with E-state index in [1.807, 2.05) is 0 Å². The molecule has 0 atom stereocenters. The Hall–Kier alpha value is -3.38. The fourth-order valence-corrected chi connectivity index (χ4v) is 3.93. The first-order valence-electron chi connectivity index (χ1n) is 9.43. The molecule has 0 aromatic heterocycles. The van der Waals surface area contributed by atoms with E-state index in [1.165, 1.54) is 44.5 Å². The Bertz CT molecular complexity index is 1060. The molecule has 0 heteroatoms. The van der Waals surface area contributed by atoms with Gasteiger partial charge in [-0.1, -0.05) is 91.0 Å². The van der Waals surface area contributed by atoms with Crippen molar-refractivity contribution in [1.29, 1.82) is 0 Å². The van der Waals surface area contributed by atoms with Crippen LogP contribution in [0.25, 0.3) is 27.8 Å². The Kier molecular flexibility index (Phi) is 3.95. The minimum absolute atomic E-state index is 1.02. The van der Waals surface area contributed by atoms with Crippen LogP contribution in [-0.2, 0) is 6.42 Å². The molecule has 4 aromatic carbocycles. The zero-order valence-corrected chi connectivity index (χ0v) is 15.1. The normalized spacial score (nSPS) is 12.5. The van der Waals surface area contributed by atoms with E-state index in [2.05, 4.69) is 109 Å². The van der Waals surface area contributed by atoms with E-state index < -0.39 is 0 Å². The van der Waals surface area contributed by atoms with Gasteiger partial charge in [-0.05, 0) is 69.1 Å². The van der Waals surface area contributed by atoms with Crippen LogP contribution in [0.15, 0.2) is 109 Å². The largest absolute Gasteiger partial charge is 0.0716 e. The summed E-state index contributed by atoms with van der Waals surface area (Å²) in [4.78, 5) is 0. The molecule has 0 radical (unpaired) electrons. The van der Waals surface area contributed by atoms with Gasteiger partial charge < -0.3 is 0 Å². The van der Waals surface area contributed by atoms with Gasteiger partial charge in [-0.3, -0.25) is 0 Å². The lowest BCUT2D eigenvalue weighted by atomic mass is 9.91. The van der Waals surface area contributed by atoms with Crippen LogP contribution in [0.1, 0.15) is 16.7 Å². The van der Waals surface area contributed by atoms with Crippen molar-refractivity contribution >= 4 is 5.57 Å². The van der Waals surface area contributed by atoms with Crippen LogP contribution in [0.2, 0.25) is 0 Å². The molecule has 0 heterocycles. The highest BCUT2D eigenvalue weighted by atomic mass is 14.2. The first-order valence-corrected chi connectivity index (χ1v) is 9.43. The molecule has 0 bridgehead atoms. The second kappa shape index (κ2) is 6.74. The monoisotopic (exact) mass is 344 g/mol. The maximum atomic E-state index is 2.36. The zero-order chi connectivity index (χ0) is 18.1. The van der Waals surface area contributed by atoms with Gasteiger partial charge in [0.15, 0.2) is 0 Å². The molecule has 4 aromatic rings. The molecular formula is C27H20. The summed E-state index contributed by atoms with van der Waals surface area (Å²) in [6, 6.07) is 37.0. The maximum absolute atomic E-state index is 2.36. The molecule has 27 heavy (non-hydrogen) atoms. The summed E-state index contributed by atoms with van der Waals surface area (Å²) in [5.41, 5.74) is 10.4. The van der Waals surface area contributed by atoms with Crippen molar-refractivity contribution in [2.45, 2.75) is 6.42 Å². The molecule has 0 saturated carbocycles. The number of hydrogen-bond donors (Lipinski definition) is 0. The van der Waals surface area contributed by atoms with Crippen molar-refractivity contribution in [2.24, 2.45) is 0 Å². The lowest BCUT2D eigenvalue weighted by Crippen LogP contribution is -1.90. The molecule has 0 amide bonds. The van der Waals surface area contributed by atoms with Gasteiger partial charge in [0.05, 0.1) is 0 Å². The van der Waals surface area contributed by atoms with Crippen LogP contribution in [0.4, 0.5) is 0 Å². The molecule has 128 valence electrons.